The van der Waals surface area contributed by atoms with E-state index in [0.29, 0.717) is 17.3 Å². The molecule has 9 heteroatoms. The fourth-order valence-corrected chi connectivity index (χ4v) is 5.59. The second-order valence-electron chi connectivity index (χ2n) is 7.68. The van der Waals surface area contributed by atoms with E-state index in [-0.39, 0.29) is 23.2 Å². The zero-order valence-corrected chi connectivity index (χ0v) is 21.1. The summed E-state index contributed by atoms with van der Waals surface area (Å²) >= 11 is 7.59. The topological polar surface area (TPSA) is 66.5 Å². The predicted molar refractivity (Wildman–Crippen MR) is 137 cm³/mol. The first-order valence-electron chi connectivity index (χ1n) is 10.7. The van der Waals surface area contributed by atoms with Crippen molar-refractivity contribution >= 4 is 45.0 Å². The summed E-state index contributed by atoms with van der Waals surface area (Å²) in [6.07, 6.45) is 0.728. The number of carbonyl (C=O) groups is 1. The van der Waals surface area contributed by atoms with E-state index in [1.807, 2.05) is 6.92 Å². The van der Waals surface area contributed by atoms with E-state index in [0.717, 1.165) is 33.4 Å². The quantitative estimate of drug-likeness (QED) is 0.343. The van der Waals surface area contributed by atoms with Crippen LogP contribution in [-0.2, 0) is 20.6 Å². The Morgan fingerprint density at radius 1 is 1.00 bits per heavy atom. The maximum absolute atomic E-state index is 13.3. The van der Waals surface area contributed by atoms with Gasteiger partial charge in [-0.25, -0.2) is 12.8 Å². The predicted octanol–water partition coefficient (Wildman–Crippen LogP) is 5.42. The van der Waals surface area contributed by atoms with Crippen LogP contribution in [0.2, 0.25) is 5.02 Å². The number of hydrogen-bond donors (Lipinski definition) is 1. The first-order valence-corrected chi connectivity index (χ1v) is 13.7. The van der Waals surface area contributed by atoms with Crippen LogP contribution in [0.1, 0.15) is 17.5 Å². The second-order valence-corrected chi connectivity index (χ2v) is 11.1. The molecule has 1 amide bonds. The molecule has 0 fully saturated rings. The monoisotopic (exact) mass is 520 g/mol. The van der Waals surface area contributed by atoms with Gasteiger partial charge in [0.2, 0.25) is 5.91 Å². The number of benzene rings is 3. The molecule has 0 atom stereocenters. The van der Waals surface area contributed by atoms with Crippen molar-refractivity contribution in [2.75, 3.05) is 23.1 Å². The Morgan fingerprint density at radius 3 is 2.29 bits per heavy atom. The van der Waals surface area contributed by atoms with Gasteiger partial charge in [0.05, 0.1) is 10.6 Å². The van der Waals surface area contributed by atoms with Crippen LogP contribution >= 0.6 is 23.4 Å². The minimum Gasteiger partial charge on any atom is -0.354 e. The first kappa shape index (κ1) is 26.1. The third-order valence-corrected chi connectivity index (χ3v) is 8.14. The average Bonchev–Trinajstić information content (AvgIpc) is 2.82. The normalized spacial score (nSPS) is 11.3. The number of hydrogen-bond acceptors (Lipinski definition) is 4. The summed E-state index contributed by atoms with van der Waals surface area (Å²) in [6, 6.07) is 19.2. The fourth-order valence-electron chi connectivity index (χ4n) is 3.12. The number of thioether (sulfide) groups is 1. The summed E-state index contributed by atoms with van der Waals surface area (Å²) in [5.74, 6) is 0.924. The van der Waals surface area contributed by atoms with Crippen LogP contribution in [0.5, 0.6) is 0 Å². The number of carbonyl (C=O) groups excluding carboxylic acids is 1. The SMILES string of the molecule is Cc1ccc(N(CC(=O)NCCCSCc2ccc(F)cc2)S(=O)(=O)c2ccc(Cl)cc2)cc1. The van der Waals surface area contributed by atoms with Crippen molar-refractivity contribution in [2.45, 2.75) is 24.0 Å². The Balaban J connectivity index is 1.57. The third-order valence-electron chi connectivity index (χ3n) is 4.98. The van der Waals surface area contributed by atoms with Gasteiger partial charge in [-0.2, -0.15) is 11.8 Å². The van der Waals surface area contributed by atoms with E-state index in [1.54, 1.807) is 48.2 Å². The van der Waals surface area contributed by atoms with Crippen molar-refractivity contribution in [2.24, 2.45) is 0 Å². The number of sulfonamides is 1. The highest BCUT2D eigenvalue weighted by Gasteiger charge is 2.27. The summed E-state index contributed by atoms with van der Waals surface area (Å²) in [5, 5.41) is 3.23. The van der Waals surface area contributed by atoms with Gasteiger partial charge < -0.3 is 5.32 Å². The minimum atomic E-state index is -3.97. The van der Waals surface area contributed by atoms with E-state index < -0.39 is 10.0 Å². The Morgan fingerprint density at radius 2 is 1.65 bits per heavy atom. The van der Waals surface area contributed by atoms with Gasteiger partial charge in [0.25, 0.3) is 10.0 Å². The Bertz CT molecular complexity index is 1190. The molecule has 3 rings (SSSR count). The lowest BCUT2D eigenvalue weighted by molar-refractivity contribution is -0.119. The summed E-state index contributed by atoms with van der Waals surface area (Å²) in [7, 11) is -3.97. The zero-order valence-electron chi connectivity index (χ0n) is 18.7. The molecular weight excluding hydrogens is 495 g/mol. The molecule has 0 saturated heterocycles. The summed E-state index contributed by atoms with van der Waals surface area (Å²) in [5.41, 5.74) is 2.43. The van der Waals surface area contributed by atoms with Crippen LogP contribution < -0.4 is 9.62 Å². The van der Waals surface area contributed by atoms with Gasteiger partial charge in [-0.3, -0.25) is 9.10 Å². The number of nitrogens with one attached hydrogen (secondary N) is 1. The van der Waals surface area contributed by atoms with E-state index in [2.05, 4.69) is 5.32 Å². The molecule has 0 aliphatic carbocycles. The van der Waals surface area contributed by atoms with Crippen LogP contribution in [-0.4, -0.2) is 33.2 Å². The maximum Gasteiger partial charge on any atom is 0.264 e. The van der Waals surface area contributed by atoms with Crippen molar-refractivity contribution in [3.05, 3.63) is 94.8 Å². The molecule has 1 N–H and O–H groups in total. The molecule has 0 bridgehead atoms. The molecule has 180 valence electrons. The number of amides is 1. The van der Waals surface area contributed by atoms with E-state index in [9.17, 15) is 17.6 Å². The molecule has 3 aromatic carbocycles. The summed E-state index contributed by atoms with van der Waals surface area (Å²) < 4.78 is 40.7. The minimum absolute atomic E-state index is 0.0578. The molecular formula is C25H26ClFN2O3S2. The average molecular weight is 521 g/mol. The highest BCUT2D eigenvalue weighted by molar-refractivity contribution is 7.98. The number of halogens is 2. The van der Waals surface area contributed by atoms with Crippen LogP contribution in [0.3, 0.4) is 0 Å². The summed E-state index contributed by atoms with van der Waals surface area (Å²) in [6.45, 7) is 2.00. The van der Waals surface area contributed by atoms with Crippen LogP contribution in [0.25, 0.3) is 0 Å². The van der Waals surface area contributed by atoms with Crippen molar-refractivity contribution in [3.8, 4) is 0 Å². The molecule has 0 radical (unpaired) electrons. The van der Waals surface area contributed by atoms with Gasteiger partial charge >= 0.3 is 0 Å². The molecule has 0 heterocycles. The van der Waals surface area contributed by atoms with Crippen LogP contribution in [0.15, 0.2) is 77.7 Å². The van der Waals surface area contributed by atoms with E-state index in [4.69, 9.17) is 11.6 Å². The molecule has 0 saturated carbocycles. The number of rotatable bonds is 11. The van der Waals surface area contributed by atoms with Gasteiger partial charge in [-0.05, 0) is 73.2 Å². The van der Waals surface area contributed by atoms with Gasteiger partial charge in [0, 0.05) is 17.3 Å². The number of anilines is 1. The van der Waals surface area contributed by atoms with Gasteiger partial charge in [-0.15, -0.1) is 0 Å². The third kappa shape index (κ3) is 7.48. The molecule has 3 aromatic rings. The van der Waals surface area contributed by atoms with Gasteiger partial charge in [0.15, 0.2) is 0 Å². The molecule has 0 aliphatic rings. The van der Waals surface area contributed by atoms with Crippen LogP contribution in [0, 0.1) is 12.7 Å². The fraction of sp³-hybridized carbons (Fsp3) is 0.240. The van der Waals surface area contributed by atoms with E-state index in [1.165, 1.54) is 36.4 Å². The number of nitrogens with zero attached hydrogens (tertiary/aromatic N) is 1. The lowest BCUT2D eigenvalue weighted by atomic mass is 10.2. The molecule has 0 aromatic heterocycles. The highest BCUT2D eigenvalue weighted by Crippen LogP contribution is 2.25. The van der Waals surface area contributed by atoms with Gasteiger partial charge in [0.1, 0.15) is 12.4 Å². The van der Waals surface area contributed by atoms with Crippen molar-refractivity contribution < 1.29 is 17.6 Å². The Kier molecular flexibility index (Phi) is 9.38. The van der Waals surface area contributed by atoms with Crippen molar-refractivity contribution in [1.82, 2.24) is 5.32 Å². The Hall–Kier alpha value is -2.55. The molecule has 0 unspecified atom stereocenters. The first-order chi connectivity index (χ1) is 16.3. The molecule has 0 aliphatic heterocycles. The summed E-state index contributed by atoms with van der Waals surface area (Å²) in [4.78, 5) is 12.7. The molecule has 34 heavy (non-hydrogen) atoms. The Labute approximate surface area is 209 Å². The smallest absolute Gasteiger partial charge is 0.264 e. The second kappa shape index (κ2) is 12.2. The van der Waals surface area contributed by atoms with E-state index >= 15 is 0 Å². The number of aryl methyl sites for hydroxylation is 1. The van der Waals surface area contributed by atoms with Gasteiger partial charge in [-0.1, -0.05) is 41.4 Å². The largest absolute Gasteiger partial charge is 0.354 e. The van der Waals surface area contributed by atoms with Crippen molar-refractivity contribution in [3.63, 3.8) is 0 Å². The lowest BCUT2D eigenvalue weighted by Gasteiger charge is -2.24. The lowest BCUT2D eigenvalue weighted by Crippen LogP contribution is -2.41. The molecule has 0 spiro atoms. The van der Waals surface area contributed by atoms with Crippen molar-refractivity contribution in [1.29, 1.82) is 0 Å². The highest BCUT2D eigenvalue weighted by atomic mass is 35.5. The maximum atomic E-state index is 13.3. The molecule has 5 nitrogen and oxygen atoms in total. The van der Waals surface area contributed by atoms with Crippen LogP contribution in [0.4, 0.5) is 10.1 Å². The zero-order chi connectivity index (χ0) is 24.6. The standard InChI is InChI=1S/C25H26ClFN2O3S2/c1-19-3-11-23(12-4-19)29(34(31,32)24-13-7-21(26)8-14-24)17-25(30)28-15-2-16-33-18-20-5-9-22(27)10-6-20/h3-14H,2,15-18H2,1H3,(H,28,30).